The van der Waals surface area contributed by atoms with Gasteiger partial charge in [-0.15, -0.1) is 0 Å². The number of methoxy groups -OCH3 is 1. The lowest BCUT2D eigenvalue weighted by molar-refractivity contribution is 0.0960. The molecule has 1 amide bonds. The molecule has 0 aromatic heterocycles. The van der Waals surface area contributed by atoms with Gasteiger partial charge < -0.3 is 10.1 Å². The molecular formula is C19H22N2O4S. The van der Waals surface area contributed by atoms with Gasteiger partial charge in [-0.3, -0.25) is 4.79 Å². The topological polar surface area (TPSA) is 84.5 Å². The van der Waals surface area contributed by atoms with Crippen molar-refractivity contribution in [3.8, 4) is 5.75 Å². The highest BCUT2D eigenvalue weighted by molar-refractivity contribution is 7.89. The smallest absolute Gasteiger partial charge is 0.254 e. The van der Waals surface area contributed by atoms with Crippen LogP contribution in [0.25, 0.3) is 0 Å². The number of carbonyl (C=O) groups is 1. The van der Waals surface area contributed by atoms with Crippen LogP contribution in [0.5, 0.6) is 5.75 Å². The Morgan fingerprint density at radius 1 is 1.19 bits per heavy atom. The zero-order valence-electron chi connectivity index (χ0n) is 14.8. The lowest BCUT2D eigenvalue weighted by Crippen LogP contribution is -2.31. The predicted octanol–water partition coefficient (Wildman–Crippen LogP) is 2.41. The third kappa shape index (κ3) is 3.59. The van der Waals surface area contributed by atoms with Gasteiger partial charge in [0.05, 0.1) is 17.6 Å². The van der Waals surface area contributed by atoms with E-state index in [2.05, 4.69) is 10.0 Å². The third-order valence-electron chi connectivity index (χ3n) is 4.62. The Morgan fingerprint density at radius 2 is 1.96 bits per heavy atom. The van der Waals surface area contributed by atoms with Gasteiger partial charge in [0.15, 0.2) is 0 Å². The maximum Gasteiger partial charge on any atom is 0.254 e. The van der Waals surface area contributed by atoms with Crippen LogP contribution in [-0.2, 0) is 16.4 Å². The molecule has 1 unspecified atom stereocenters. The highest BCUT2D eigenvalue weighted by atomic mass is 32.2. The summed E-state index contributed by atoms with van der Waals surface area (Å²) in [7, 11) is -0.853. The molecule has 0 bridgehead atoms. The quantitative estimate of drug-likeness (QED) is 0.842. The van der Waals surface area contributed by atoms with Crippen LogP contribution in [0.1, 0.15) is 40.4 Å². The first-order valence-corrected chi connectivity index (χ1v) is 9.95. The molecule has 0 spiro atoms. The number of benzene rings is 2. The normalized spacial score (nSPS) is 16.6. The maximum absolute atomic E-state index is 12.9. The number of hydrogen-bond donors (Lipinski definition) is 2. The molecule has 1 aliphatic carbocycles. The van der Waals surface area contributed by atoms with Crippen LogP contribution in [0.3, 0.4) is 0 Å². The van der Waals surface area contributed by atoms with Crippen molar-refractivity contribution in [2.24, 2.45) is 0 Å². The molecule has 0 aliphatic heterocycles. The van der Waals surface area contributed by atoms with Crippen molar-refractivity contribution in [3.63, 3.8) is 0 Å². The average Bonchev–Trinajstić information content (AvgIpc) is 2.67. The Kier molecular flexibility index (Phi) is 5.29. The molecule has 0 radical (unpaired) electrons. The highest BCUT2D eigenvalue weighted by Gasteiger charge is 2.26. The van der Waals surface area contributed by atoms with Crippen molar-refractivity contribution < 1.29 is 17.9 Å². The van der Waals surface area contributed by atoms with E-state index in [9.17, 15) is 13.2 Å². The molecule has 1 aliphatic rings. The van der Waals surface area contributed by atoms with E-state index in [4.69, 9.17) is 4.74 Å². The standard InChI is InChI=1S/C19H22N2O4S/c1-20-19(22)16-12-14(10-11-18(16)25-2)26(23,24)21-17-9-5-7-13-6-3-4-8-15(13)17/h3-4,6,8,10-12,17,21H,5,7,9H2,1-2H3,(H,20,22). The first kappa shape index (κ1) is 18.4. The Morgan fingerprint density at radius 3 is 2.69 bits per heavy atom. The number of fused-ring (bicyclic) bond motifs is 1. The second-order valence-electron chi connectivity index (χ2n) is 6.21. The zero-order chi connectivity index (χ0) is 18.7. The monoisotopic (exact) mass is 374 g/mol. The molecule has 0 fully saturated rings. The molecule has 0 heterocycles. The van der Waals surface area contributed by atoms with E-state index < -0.39 is 15.9 Å². The van der Waals surface area contributed by atoms with Gasteiger partial charge in [-0.05, 0) is 48.6 Å². The maximum atomic E-state index is 12.9. The Balaban J connectivity index is 1.93. The van der Waals surface area contributed by atoms with E-state index in [0.29, 0.717) is 5.75 Å². The minimum Gasteiger partial charge on any atom is -0.496 e. The summed E-state index contributed by atoms with van der Waals surface area (Å²) in [5.41, 5.74) is 2.37. The summed E-state index contributed by atoms with van der Waals surface area (Å²) in [5, 5.41) is 2.49. The minimum atomic E-state index is -3.78. The molecule has 2 aromatic carbocycles. The van der Waals surface area contributed by atoms with E-state index in [1.165, 1.54) is 37.9 Å². The van der Waals surface area contributed by atoms with E-state index in [-0.39, 0.29) is 16.5 Å². The number of hydrogen-bond acceptors (Lipinski definition) is 4. The fraction of sp³-hybridized carbons (Fsp3) is 0.316. The summed E-state index contributed by atoms with van der Waals surface area (Å²) in [6, 6.07) is 11.9. The van der Waals surface area contributed by atoms with Crippen LogP contribution in [0, 0.1) is 0 Å². The van der Waals surface area contributed by atoms with E-state index in [0.717, 1.165) is 24.8 Å². The number of ether oxygens (including phenoxy) is 1. The van der Waals surface area contributed by atoms with Crippen LogP contribution in [0.2, 0.25) is 0 Å². The molecule has 0 saturated carbocycles. The molecule has 138 valence electrons. The summed E-state index contributed by atoms with van der Waals surface area (Å²) in [6.07, 6.45) is 2.63. The molecule has 3 rings (SSSR count). The number of rotatable bonds is 5. The Labute approximate surface area is 153 Å². The van der Waals surface area contributed by atoms with Crippen molar-refractivity contribution in [2.45, 2.75) is 30.2 Å². The summed E-state index contributed by atoms with van der Waals surface area (Å²) in [4.78, 5) is 12.1. The molecule has 2 N–H and O–H groups in total. The largest absolute Gasteiger partial charge is 0.496 e. The van der Waals surface area contributed by atoms with Crippen molar-refractivity contribution in [1.29, 1.82) is 0 Å². The SMILES string of the molecule is CNC(=O)c1cc(S(=O)(=O)NC2CCCc3ccccc32)ccc1OC. The number of sulfonamides is 1. The summed E-state index contributed by atoms with van der Waals surface area (Å²) in [6.45, 7) is 0. The predicted molar refractivity (Wildman–Crippen MR) is 98.8 cm³/mol. The van der Waals surface area contributed by atoms with Gasteiger partial charge in [0.2, 0.25) is 10.0 Å². The van der Waals surface area contributed by atoms with Crippen LogP contribution >= 0.6 is 0 Å². The van der Waals surface area contributed by atoms with Crippen LogP contribution in [0.4, 0.5) is 0 Å². The van der Waals surface area contributed by atoms with Crippen LogP contribution in [0.15, 0.2) is 47.4 Å². The fourth-order valence-electron chi connectivity index (χ4n) is 3.30. The van der Waals surface area contributed by atoms with E-state index in [1.54, 1.807) is 0 Å². The van der Waals surface area contributed by atoms with Gasteiger partial charge in [-0.2, -0.15) is 0 Å². The van der Waals surface area contributed by atoms with Gasteiger partial charge in [0, 0.05) is 13.1 Å². The Hall–Kier alpha value is -2.38. The van der Waals surface area contributed by atoms with Crippen LogP contribution < -0.4 is 14.8 Å². The van der Waals surface area contributed by atoms with Crippen molar-refractivity contribution in [3.05, 3.63) is 59.2 Å². The number of nitrogens with one attached hydrogen (secondary N) is 2. The third-order valence-corrected chi connectivity index (χ3v) is 6.09. The fourth-order valence-corrected chi connectivity index (χ4v) is 4.57. The van der Waals surface area contributed by atoms with Gasteiger partial charge in [-0.1, -0.05) is 24.3 Å². The molecule has 0 saturated heterocycles. The molecule has 2 aromatic rings. The first-order chi connectivity index (χ1) is 12.5. The number of aryl methyl sites for hydroxylation is 1. The van der Waals surface area contributed by atoms with Crippen molar-refractivity contribution >= 4 is 15.9 Å². The molecule has 7 heteroatoms. The average molecular weight is 374 g/mol. The van der Waals surface area contributed by atoms with E-state index >= 15 is 0 Å². The first-order valence-electron chi connectivity index (χ1n) is 8.46. The number of carbonyl (C=O) groups excluding carboxylic acids is 1. The summed E-state index contributed by atoms with van der Waals surface area (Å²) in [5.74, 6) is -0.0757. The summed E-state index contributed by atoms with van der Waals surface area (Å²) < 4.78 is 33.7. The molecule has 1 atom stereocenters. The van der Waals surface area contributed by atoms with Crippen molar-refractivity contribution in [2.75, 3.05) is 14.2 Å². The van der Waals surface area contributed by atoms with Crippen molar-refractivity contribution in [1.82, 2.24) is 10.0 Å². The summed E-state index contributed by atoms with van der Waals surface area (Å²) >= 11 is 0. The zero-order valence-corrected chi connectivity index (χ0v) is 15.6. The second kappa shape index (κ2) is 7.47. The highest BCUT2D eigenvalue weighted by Crippen LogP contribution is 2.31. The van der Waals surface area contributed by atoms with Gasteiger partial charge >= 0.3 is 0 Å². The molecule has 6 nitrogen and oxygen atoms in total. The Bertz CT molecular complexity index is 925. The van der Waals surface area contributed by atoms with Gasteiger partial charge in [0.25, 0.3) is 5.91 Å². The molecule has 26 heavy (non-hydrogen) atoms. The lowest BCUT2D eigenvalue weighted by Gasteiger charge is -2.26. The lowest BCUT2D eigenvalue weighted by atomic mass is 9.88. The van der Waals surface area contributed by atoms with Gasteiger partial charge in [0.1, 0.15) is 5.75 Å². The van der Waals surface area contributed by atoms with Crippen LogP contribution in [-0.4, -0.2) is 28.5 Å². The minimum absolute atomic E-state index is 0.0416. The van der Waals surface area contributed by atoms with E-state index in [1.807, 2.05) is 24.3 Å². The van der Waals surface area contributed by atoms with Gasteiger partial charge in [-0.25, -0.2) is 13.1 Å². The molecular weight excluding hydrogens is 352 g/mol. The second-order valence-corrected chi connectivity index (χ2v) is 7.92. The number of amides is 1.